The Morgan fingerprint density at radius 2 is 1.88 bits per heavy atom. The van der Waals surface area contributed by atoms with Crippen molar-refractivity contribution >= 4 is 22.1 Å². The van der Waals surface area contributed by atoms with Gasteiger partial charge in [0.15, 0.2) is 0 Å². The fourth-order valence-electron chi connectivity index (χ4n) is 3.20. The average molecular weight is 370 g/mol. The molecular weight excluding hydrogens is 348 g/mol. The predicted molar refractivity (Wildman–Crippen MR) is 88.5 cm³/mol. The molecule has 3 rings (SSSR count). The van der Waals surface area contributed by atoms with Crippen molar-refractivity contribution in [3.8, 4) is 0 Å². The highest BCUT2D eigenvalue weighted by molar-refractivity contribution is 7.89. The second-order valence-corrected chi connectivity index (χ2v) is 8.05. The Bertz CT molecular complexity index is 770. The third kappa shape index (κ3) is 3.21. The van der Waals surface area contributed by atoms with Crippen molar-refractivity contribution in [2.24, 2.45) is 0 Å². The van der Waals surface area contributed by atoms with Crippen molar-refractivity contribution in [1.82, 2.24) is 29.6 Å². The van der Waals surface area contributed by atoms with Crippen molar-refractivity contribution in [2.75, 3.05) is 39.3 Å². The summed E-state index contributed by atoms with van der Waals surface area (Å²) in [7, 11) is -3.67. The van der Waals surface area contributed by atoms with E-state index < -0.39 is 16.1 Å². The molecule has 3 heterocycles. The normalized spacial score (nSPS) is 19.8. The van der Waals surface area contributed by atoms with Crippen molar-refractivity contribution in [3.05, 3.63) is 11.4 Å². The largest absolute Gasteiger partial charge is 0.336 e. The smallest absolute Gasteiger partial charge is 0.328 e. The summed E-state index contributed by atoms with van der Waals surface area (Å²) in [5, 5.41) is 9.25. The van der Waals surface area contributed by atoms with Gasteiger partial charge in [0.05, 0.1) is 11.4 Å². The van der Waals surface area contributed by atoms with Gasteiger partial charge in [-0.25, -0.2) is 22.9 Å². The van der Waals surface area contributed by atoms with Gasteiger partial charge < -0.3 is 10.2 Å². The molecule has 1 aromatic rings. The minimum absolute atomic E-state index is 0.188. The molecule has 10 nitrogen and oxygen atoms in total. The van der Waals surface area contributed by atoms with Crippen LogP contribution in [0, 0.1) is 13.8 Å². The lowest BCUT2D eigenvalue weighted by atomic mass is 10.4. The van der Waals surface area contributed by atoms with E-state index in [-0.39, 0.29) is 24.0 Å². The van der Waals surface area contributed by atoms with Gasteiger partial charge in [0.25, 0.3) is 0 Å². The van der Waals surface area contributed by atoms with E-state index in [4.69, 9.17) is 0 Å². The molecule has 11 heteroatoms. The maximum atomic E-state index is 12.9. The minimum Gasteiger partial charge on any atom is -0.336 e. The van der Waals surface area contributed by atoms with E-state index in [1.54, 1.807) is 13.8 Å². The Balaban J connectivity index is 1.73. The Labute approximate surface area is 146 Å². The lowest BCUT2D eigenvalue weighted by molar-refractivity contribution is 0.165. The lowest BCUT2D eigenvalue weighted by Gasteiger charge is -2.25. The molecular formula is C14H22N6O4S. The van der Waals surface area contributed by atoms with Crippen LogP contribution in [0.1, 0.15) is 17.8 Å². The summed E-state index contributed by atoms with van der Waals surface area (Å²) < 4.78 is 27.2. The van der Waals surface area contributed by atoms with Gasteiger partial charge in [0, 0.05) is 39.3 Å². The van der Waals surface area contributed by atoms with Crippen LogP contribution < -0.4 is 5.32 Å². The van der Waals surface area contributed by atoms with Crippen LogP contribution in [0.3, 0.4) is 0 Å². The maximum absolute atomic E-state index is 12.9. The van der Waals surface area contributed by atoms with Crippen molar-refractivity contribution in [2.45, 2.75) is 25.2 Å². The summed E-state index contributed by atoms with van der Waals surface area (Å²) in [5.41, 5.74) is 0.937. The zero-order valence-corrected chi connectivity index (χ0v) is 15.1. The van der Waals surface area contributed by atoms with E-state index in [0.717, 1.165) is 4.90 Å². The number of urea groups is 2. The van der Waals surface area contributed by atoms with Gasteiger partial charge in [-0.2, -0.15) is 9.40 Å². The summed E-state index contributed by atoms with van der Waals surface area (Å²) in [5.74, 6) is 0. The number of amides is 4. The summed E-state index contributed by atoms with van der Waals surface area (Å²) in [6, 6.07) is -0.770. The Hall–Kier alpha value is -2.14. The molecule has 2 saturated heterocycles. The molecule has 0 bridgehead atoms. The van der Waals surface area contributed by atoms with E-state index >= 15 is 0 Å². The number of nitrogens with zero attached hydrogens (tertiary/aromatic N) is 4. The van der Waals surface area contributed by atoms with Crippen molar-refractivity contribution < 1.29 is 18.0 Å². The summed E-state index contributed by atoms with van der Waals surface area (Å²) in [4.78, 5) is 27.0. The molecule has 0 atom stereocenters. The van der Waals surface area contributed by atoms with E-state index in [1.807, 2.05) is 0 Å². The number of carbonyl (C=O) groups is 2. The first-order chi connectivity index (χ1) is 11.8. The van der Waals surface area contributed by atoms with E-state index in [9.17, 15) is 18.0 Å². The van der Waals surface area contributed by atoms with Crippen LogP contribution in [-0.4, -0.2) is 84.1 Å². The van der Waals surface area contributed by atoms with Crippen LogP contribution in [0.25, 0.3) is 0 Å². The molecule has 0 saturated carbocycles. The van der Waals surface area contributed by atoms with Gasteiger partial charge in [0.2, 0.25) is 10.0 Å². The lowest BCUT2D eigenvalue weighted by Crippen LogP contribution is -2.46. The number of H-pyrrole nitrogens is 1. The predicted octanol–water partition coefficient (Wildman–Crippen LogP) is -0.132. The maximum Gasteiger partial charge on any atom is 0.328 e. The number of imide groups is 1. The third-order valence-electron chi connectivity index (χ3n) is 4.47. The quantitative estimate of drug-likeness (QED) is 0.752. The number of hydrogen-bond donors (Lipinski definition) is 2. The summed E-state index contributed by atoms with van der Waals surface area (Å²) in [6.45, 7) is 5.27. The van der Waals surface area contributed by atoms with Crippen molar-refractivity contribution in [3.63, 3.8) is 0 Å². The first kappa shape index (κ1) is 17.7. The fourth-order valence-corrected chi connectivity index (χ4v) is 5.00. The van der Waals surface area contributed by atoms with E-state index in [2.05, 4.69) is 15.5 Å². The highest BCUT2D eigenvalue weighted by atomic mass is 32.2. The second kappa shape index (κ2) is 6.64. The number of aromatic nitrogens is 2. The first-order valence-corrected chi connectivity index (χ1v) is 9.62. The van der Waals surface area contributed by atoms with E-state index in [1.165, 1.54) is 9.21 Å². The number of aryl methyl sites for hydroxylation is 2. The van der Waals surface area contributed by atoms with Crippen LogP contribution in [-0.2, 0) is 10.0 Å². The molecule has 0 unspecified atom stereocenters. The van der Waals surface area contributed by atoms with Crippen LogP contribution >= 0.6 is 0 Å². The number of aromatic amines is 1. The highest BCUT2D eigenvalue weighted by Gasteiger charge is 2.34. The number of nitrogens with one attached hydrogen (secondary N) is 2. The topological polar surface area (TPSA) is 119 Å². The second-order valence-electron chi connectivity index (χ2n) is 6.17. The summed E-state index contributed by atoms with van der Waals surface area (Å²) in [6.07, 6.45) is 0.510. The highest BCUT2D eigenvalue weighted by Crippen LogP contribution is 2.23. The standard InChI is InChI=1S/C14H22N6O4S/c1-10-12(11(2)17-16-10)25(23,24)19-6-3-5-18(8-9-19)14(22)20-7-4-15-13(20)21/h3-9H2,1-2H3,(H,15,21)(H,16,17). The fraction of sp³-hybridized carbons (Fsp3) is 0.643. The van der Waals surface area contributed by atoms with Crippen LogP contribution in [0.2, 0.25) is 0 Å². The molecule has 0 radical (unpaired) electrons. The van der Waals surface area contributed by atoms with Crippen LogP contribution in [0.5, 0.6) is 0 Å². The SMILES string of the molecule is Cc1n[nH]c(C)c1S(=O)(=O)N1CCCN(C(=O)N2CCNC2=O)CC1. The zero-order chi connectivity index (χ0) is 18.2. The van der Waals surface area contributed by atoms with Crippen LogP contribution in [0.15, 0.2) is 4.90 Å². The average Bonchev–Trinajstić information content (AvgIpc) is 3.02. The molecule has 2 aliphatic rings. The molecule has 0 aromatic carbocycles. The molecule has 138 valence electrons. The molecule has 2 fully saturated rings. The molecule has 2 aliphatic heterocycles. The molecule has 0 spiro atoms. The van der Waals surface area contributed by atoms with Gasteiger partial charge in [-0.3, -0.25) is 5.10 Å². The number of carbonyl (C=O) groups excluding carboxylic acids is 2. The number of sulfonamides is 1. The summed E-state index contributed by atoms with van der Waals surface area (Å²) >= 11 is 0. The van der Waals surface area contributed by atoms with Crippen molar-refractivity contribution in [1.29, 1.82) is 0 Å². The zero-order valence-electron chi connectivity index (χ0n) is 14.3. The number of rotatable bonds is 2. The Kier molecular flexibility index (Phi) is 4.69. The van der Waals surface area contributed by atoms with Gasteiger partial charge in [-0.05, 0) is 20.3 Å². The Morgan fingerprint density at radius 1 is 1.12 bits per heavy atom. The molecule has 2 N–H and O–H groups in total. The van der Waals surface area contributed by atoms with Crippen LogP contribution in [0.4, 0.5) is 9.59 Å². The van der Waals surface area contributed by atoms with Gasteiger partial charge in [-0.1, -0.05) is 0 Å². The molecule has 4 amide bonds. The third-order valence-corrected chi connectivity index (χ3v) is 6.63. The molecule has 25 heavy (non-hydrogen) atoms. The van der Waals surface area contributed by atoms with Gasteiger partial charge in [-0.15, -0.1) is 0 Å². The molecule has 0 aliphatic carbocycles. The first-order valence-electron chi connectivity index (χ1n) is 8.18. The number of hydrogen-bond acceptors (Lipinski definition) is 5. The van der Waals surface area contributed by atoms with E-state index in [0.29, 0.717) is 44.0 Å². The minimum atomic E-state index is -3.67. The molecule has 1 aromatic heterocycles. The monoisotopic (exact) mass is 370 g/mol. The van der Waals surface area contributed by atoms with Gasteiger partial charge in [0.1, 0.15) is 4.90 Å². The Morgan fingerprint density at radius 3 is 2.48 bits per heavy atom. The van der Waals surface area contributed by atoms with Gasteiger partial charge >= 0.3 is 12.1 Å².